The highest BCUT2D eigenvalue weighted by Crippen LogP contribution is 2.09. The molecule has 0 fully saturated rings. The van der Waals surface area contributed by atoms with E-state index in [1.807, 2.05) is 6.07 Å². The van der Waals surface area contributed by atoms with Gasteiger partial charge in [-0.1, -0.05) is 50.3 Å². The Kier molecular flexibility index (Phi) is 6.49. The summed E-state index contributed by atoms with van der Waals surface area (Å²) in [6.07, 6.45) is 1.31. The topological polar surface area (TPSA) is 32.7 Å². The van der Waals surface area contributed by atoms with Crippen molar-refractivity contribution in [3.63, 3.8) is 0 Å². The average molecular weight is 276 g/mol. The molecule has 0 N–H and O–H groups in total. The molecule has 4 heteroatoms. The maximum absolute atomic E-state index is 11.2. The lowest BCUT2D eigenvalue weighted by Crippen LogP contribution is -2.30. The van der Waals surface area contributed by atoms with Gasteiger partial charge >= 0.3 is 0 Å². The molecule has 0 saturated carbocycles. The van der Waals surface area contributed by atoms with Gasteiger partial charge in [0, 0.05) is 12.1 Å². The Balaban J connectivity index is 2.82. The largest absolute Gasteiger partial charge is 0.324 e. The van der Waals surface area contributed by atoms with E-state index in [2.05, 4.69) is 49.0 Å². The third-order valence-corrected chi connectivity index (χ3v) is 4.40. The summed E-state index contributed by atoms with van der Waals surface area (Å²) in [5, 5.41) is 4.72. The molecule has 0 heterocycles. The first-order chi connectivity index (χ1) is 9.02. The number of Topliss-reactive ketones (excluding diaryl/α,β-unsaturated/α-hetero) is 1. The van der Waals surface area contributed by atoms with E-state index in [1.165, 1.54) is 5.56 Å². The smallest absolute Gasteiger partial charge is 0.157 e. The maximum atomic E-state index is 11.2. The Hall–Kier alpha value is -1.42. The molecular formula is C15H24N2OSi. The van der Waals surface area contributed by atoms with E-state index in [1.54, 1.807) is 6.92 Å². The minimum Gasteiger partial charge on any atom is -0.324 e. The van der Waals surface area contributed by atoms with E-state index in [0.29, 0.717) is 6.42 Å². The fraction of sp³-hybridized carbons (Fsp3) is 0.467. The lowest BCUT2D eigenvalue weighted by atomic mass is 10.2. The lowest BCUT2D eigenvalue weighted by Gasteiger charge is -2.24. The highest BCUT2D eigenvalue weighted by molar-refractivity contribution is 6.52. The molecule has 0 aliphatic carbocycles. The normalized spacial score (nSPS) is 11.7. The molecule has 19 heavy (non-hydrogen) atoms. The summed E-state index contributed by atoms with van der Waals surface area (Å²) in [6.45, 7) is 9.04. The van der Waals surface area contributed by atoms with Crippen molar-refractivity contribution >= 4 is 20.5 Å². The Bertz CT molecular complexity index is 429. The second kappa shape index (κ2) is 7.89. The van der Waals surface area contributed by atoms with Crippen molar-refractivity contribution in [1.29, 1.82) is 0 Å². The molecular weight excluding hydrogens is 252 g/mol. The van der Waals surface area contributed by atoms with Crippen LogP contribution in [0.4, 0.5) is 0 Å². The van der Waals surface area contributed by atoms with Crippen molar-refractivity contribution in [2.24, 2.45) is 5.10 Å². The average Bonchev–Trinajstić information content (AvgIpc) is 2.37. The number of hydrazone groups is 1. The van der Waals surface area contributed by atoms with Crippen LogP contribution in [0.15, 0.2) is 35.4 Å². The first-order valence-electron chi connectivity index (χ1n) is 6.89. The third-order valence-electron chi connectivity index (χ3n) is 2.91. The lowest BCUT2D eigenvalue weighted by molar-refractivity contribution is -0.115. The van der Waals surface area contributed by atoms with Crippen LogP contribution >= 0.6 is 0 Å². The molecule has 3 nitrogen and oxygen atoms in total. The summed E-state index contributed by atoms with van der Waals surface area (Å²) in [5.74, 6) is 0.186. The summed E-state index contributed by atoms with van der Waals surface area (Å²) in [7, 11) is -1.04. The van der Waals surface area contributed by atoms with E-state index in [-0.39, 0.29) is 5.78 Å². The zero-order valence-corrected chi connectivity index (χ0v) is 13.5. The van der Waals surface area contributed by atoms with E-state index in [4.69, 9.17) is 5.10 Å². The van der Waals surface area contributed by atoms with Gasteiger partial charge in [-0.3, -0.25) is 4.79 Å². The van der Waals surface area contributed by atoms with E-state index in [9.17, 15) is 4.79 Å². The second-order valence-electron chi connectivity index (χ2n) is 5.08. The van der Waals surface area contributed by atoms with Gasteiger partial charge in [0.1, 0.15) is 5.78 Å². The first-order valence-corrected chi connectivity index (χ1v) is 9.71. The standard InChI is InChI=1S/C15H24N2OSi/c1-5-15(11-13(2)18)16-17(19(3)4)12-14-9-7-6-8-10-14/h6-10,19H,5,11-12H2,1-4H3. The zero-order valence-electron chi connectivity index (χ0n) is 12.4. The fourth-order valence-electron chi connectivity index (χ4n) is 1.80. The molecule has 0 spiro atoms. The molecule has 0 bridgehead atoms. The maximum Gasteiger partial charge on any atom is 0.157 e. The molecule has 1 rings (SSSR count). The number of hydrogen-bond donors (Lipinski definition) is 0. The van der Waals surface area contributed by atoms with Gasteiger partial charge in [0.25, 0.3) is 0 Å². The molecule has 0 atom stereocenters. The van der Waals surface area contributed by atoms with Gasteiger partial charge in [-0.25, -0.2) is 0 Å². The van der Waals surface area contributed by atoms with Crippen LogP contribution in [0.1, 0.15) is 32.3 Å². The van der Waals surface area contributed by atoms with Gasteiger partial charge < -0.3 is 4.67 Å². The van der Waals surface area contributed by atoms with Crippen molar-refractivity contribution in [1.82, 2.24) is 4.67 Å². The predicted molar refractivity (Wildman–Crippen MR) is 83.9 cm³/mol. The zero-order chi connectivity index (χ0) is 14.3. The minimum absolute atomic E-state index is 0.186. The van der Waals surface area contributed by atoms with Crippen molar-refractivity contribution in [2.75, 3.05) is 0 Å². The molecule has 0 saturated heterocycles. The Labute approximate surface area is 118 Å². The number of carbonyl (C=O) groups excluding carboxylic acids is 1. The number of rotatable bonds is 7. The number of benzene rings is 1. The predicted octanol–water partition coefficient (Wildman–Crippen LogP) is 3.22. The molecule has 104 valence electrons. The highest BCUT2D eigenvalue weighted by atomic mass is 28.3. The highest BCUT2D eigenvalue weighted by Gasteiger charge is 2.11. The van der Waals surface area contributed by atoms with Crippen molar-refractivity contribution in [2.45, 2.75) is 46.3 Å². The quantitative estimate of drug-likeness (QED) is 0.435. The Morgan fingerprint density at radius 2 is 1.89 bits per heavy atom. The van der Waals surface area contributed by atoms with Crippen LogP contribution in [0.5, 0.6) is 0 Å². The third kappa shape index (κ3) is 5.83. The number of hydrogen-bond acceptors (Lipinski definition) is 3. The monoisotopic (exact) mass is 276 g/mol. The number of nitrogens with zero attached hydrogens (tertiary/aromatic N) is 2. The van der Waals surface area contributed by atoms with Crippen molar-refractivity contribution in [3.8, 4) is 0 Å². The van der Waals surface area contributed by atoms with Crippen LogP contribution in [0.2, 0.25) is 13.1 Å². The molecule has 0 aromatic heterocycles. The number of ketones is 1. The molecule has 0 amide bonds. The molecule has 1 aromatic carbocycles. The summed E-state index contributed by atoms with van der Waals surface area (Å²) in [5.41, 5.74) is 2.26. The Morgan fingerprint density at radius 3 is 2.37 bits per heavy atom. The van der Waals surface area contributed by atoms with E-state index >= 15 is 0 Å². The molecule has 0 unspecified atom stereocenters. The van der Waals surface area contributed by atoms with Crippen LogP contribution < -0.4 is 0 Å². The van der Waals surface area contributed by atoms with E-state index in [0.717, 1.165) is 18.7 Å². The van der Waals surface area contributed by atoms with Crippen LogP contribution in [0, 0.1) is 0 Å². The van der Waals surface area contributed by atoms with Crippen LogP contribution in [0.25, 0.3) is 0 Å². The summed E-state index contributed by atoms with van der Waals surface area (Å²) < 4.78 is 2.19. The fourth-order valence-corrected chi connectivity index (χ4v) is 2.77. The van der Waals surface area contributed by atoms with Gasteiger partial charge in [-0.2, -0.15) is 5.10 Å². The van der Waals surface area contributed by atoms with Crippen molar-refractivity contribution in [3.05, 3.63) is 35.9 Å². The van der Waals surface area contributed by atoms with Crippen LogP contribution in [-0.2, 0) is 11.3 Å². The molecule has 0 aliphatic rings. The van der Waals surface area contributed by atoms with E-state index < -0.39 is 8.96 Å². The van der Waals surface area contributed by atoms with Gasteiger partial charge in [0.15, 0.2) is 8.96 Å². The first kappa shape index (κ1) is 15.6. The second-order valence-corrected chi connectivity index (χ2v) is 7.86. The van der Waals surface area contributed by atoms with Gasteiger partial charge in [-0.05, 0) is 18.9 Å². The van der Waals surface area contributed by atoms with Crippen LogP contribution in [0.3, 0.4) is 0 Å². The van der Waals surface area contributed by atoms with Gasteiger partial charge in [0.2, 0.25) is 0 Å². The summed E-state index contributed by atoms with van der Waals surface area (Å²) in [4.78, 5) is 11.2. The summed E-state index contributed by atoms with van der Waals surface area (Å²) >= 11 is 0. The molecule has 0 aliphatic heterocycles. The molecule has 1 aromatic rings. The Morgan fingerprint density at radius 1 is 1.26 bits per heavy atom. The minimum atomic E-state index is -1.04. The van der Waals surface area contributed by atoms with Crippen molar-refractivity contribution < 1.29 is 4.79 Å². The summed E-state index contributed by atoms with van der Waals surface area (Å²) in [6, 6.07) is 10.4. The SMILES string of the molecule is CCC(CC(C)=O)=NN(Cc1ccccc1)[SiH](C)C. The molecule has 0 radical (unpaired) electrons. The van der Waals surface area contributed by atoms with Gasteiger partial charge in [0.05, 0.1) is 6.54 Å². The van der Waals surface area contributed by atoms with Gasteiger partial charge in [-0.15, -0.1) is 0 Å². The number of carbonyl (C=O) groups is 1. The van der Waals surface area contributed by atoms with Crippen LogP contribution in [-0.4, -0.2) is 25.1 Å².